The minimum Gasteiger partial charge on any atom is -0.311 e. The van der Waals surface area contributed by atoms with Crippen molar-refractivity contribution in [2.24, 2.45) is 0 Å². The Morgan fingerprint density at radius 2 is 2.22 bits per heavy atom. The van der Waals surface area contributed by atoms with E-state index in [0.717, 1.165) is 25.2 Å². The van der Waals surface area contributed by atoms with Crippen LogP contribution in [0.25, 0.3) is 0 Å². The molecule has 18 heavy (non-hydrogen) atoms. The van der Waals surface area contributed by atoms with Crippen molar-refractivity contribution in [1.82, 2.24) is 15.3 Å². The zero-order valence-electron chi connectivity index (χ0n) is 9.64. The van der Waals surface area contributed by atoms with Gasteiger partial charge in [0.25, 0.3) is 5.91 Å². The van der Waals surface area contributed by atoms with Gasteiger partial charge in [0.2, 0.25) is 0 Å². The second-order valence-electron chi connectivity index (χ2n) is 4.01. The van der Waals surface area contributed by atoms with Crippen LogP contribution in [0.4, 0.5) is 5.13 Å². The number of carbonyl (C=O) groups excluding carboxylic acids is 1. The summed E-state index contributed by atoms with van der Waals surface area (Å²) < 4.78 is 0. The fraction of sp³-hybridized carbons (Fsp3) is 0.250. The molecule has 0 saturated heterocycles. The SMILES string of the molecule is O=C(Nc1nc2c(s1)CNCC2)c1ccncc1. The molecule has 2 N–H and O–H groups in total. The lowest BCUT2D eigenvalue weighted by molar-refractivity contribution is 0.102. The van der Waals surface area contributed by atoms with Crippen molar-refractivity contribution < 1.29 is 4.79 Å². The molecule has 0 unspecified atom stereocenters. The Hall–Kier alpha value is -1.79. The molecule has 0 atom stereocenters. The van der Waals surface area contributed by atoms with Gasteiger partial charge < -0.3 is 5.32 Å². The first kappa shape index (κ1) is 11.3. The van der Waals surface area contributed by atoms with Crippen LogP contribution in [0.2, 0.25) is 0 Å². The molecule has 3 rings (SSSR count). The van der Waals surface area contributed by atoms with E-state index in [1.54, 1.807) is 24.5 Å². The number of carbonyl (C=O) groups is 1. The Morgan fingerprint density at radius 3 is 3.00 bits per heavy atom. The molecule has 1 aliphatic heterocycles. The predicted octanol–water partition coefficient (Wildman–Crippen LogP) is 1.44. The highest BCUT2D eigenvalue weighted by atomic mass is 32.1. The molecule has 3 heterocycles. The maximum atomic E-state index is 11.9. The van der Waals surface area contributed by atoms with Gasteiger partial charge in [-0.25, -0.2) is 4.98 Å². The molecule has 0 radical (unpaired) electrons. The van der Waals surface area contributed by atoms with Crippen LogP contribution in [0.5, 0.6) is 0 Å². The average Bonchev–Trinajstić information content (AvgIpc) is 2.82. The second kappa shape index (κ2) is 4.83. The van der Waals surface area contributed by atoms with Crippen LogP contribution in [-0.2, 0) is 13.0 Å². The van der Waals surface area contributed by atoms with Crippen molar-refractivity contribution in [1.29, 1.82) is 0 Å². The number of nitrogens with zero attached hydrogens (tertiary/aromatic N) is 2. The van der Waals surface area contributed by atoms with Crippen LogP contribution in [0.15, 0.2) is 24.5 Å². The molecule has 6 heteroatoms. The lowest BCUT2D eigenvalue weighted by Gasteiger charge is -2.09. The average molecular weight is 260 g/mol. The molecule has 1 aliphatic rings. The molecule has 0 bridgehead atoms. The zero-order chi connectivity index (χ0) is 12.4. The van der Waals surface area contributed by atoms with E-state index in [1.165, 1.54) is 16.2 Å². The summed E-state index contributed by atoms with van der Waals surface area (Å²) in [7, 11) is 0. The van der Waals surface area contributed by atoms with Gasteiger partial charge in [0.05, 0.1) is 5.69 Å². The Balaban J connectivity index is 1.77. The third kappa shape index (κ3) is 2.25. The van der Waals surface area contributed by atoms with Crippen LogP contribution in [-0.4, -0.2) is 22.4 Å². The number of anilines is 1. The maximum absolute atomic E-state index is 11.9. The summed E-state index contributed by atoms with van der Waals surface area (Å²) in [6.45, 7) is 1.80. The van der Waals surface area contributed by atoms with E-state index in [9.17, 15) is 4.79 Å². The lowest BCUT2D eigenvalue weighted by atomic mass is 10.2. The molecular formula is C12H12N4OS. The summed E-state index contributed by atoms with van der Waals surface area (Å²) in [5.41, 5.74) is 1.69. The molecule has 2 aromatic rings. The number of fused-ring (bicyclic) bond motifs is 1. The summed E-state index contributed by atoms with van der Waals surface area (Å²) in [4.78, 5) is 21.5. The number of nitrogens with one attached hydrogen (secondary N) is 2. The minimum atomic E-state index is -0.142. The van der Waals surface area contributed by atoms with E-state index in [4.69, 9.17) is 0 Å². The molecule has 1 amide bonds. The van der Waals surface area contributed by atoms with Crippen LogP contribution in [0, 0.1) is 0 Å². The highest BCUT2D eigenvalue weighted by Gasteiger charge is 2.16. The lowest BCUT2D eigenvalue weighted by Crippen LogP contribution is -2.22. The van der Waals surface area contributed by atoms with Crippen molar-refractivity contribution in [2.75, 3.05) is 11.9 Å². The molecule has 0 saturated carbocycles. The van der Waals surface area contributed by atoms with Gasteiger partial charge in [-0.2, -0.15) is 0 Å². The summed E-state index contributed by atoms with van der Waals surface area (Å²) in [5, 5.41) is 6.79. The number of pyridine rings is 1. The smallest absolute Gasteiger partial charge is 0.257 e. The molecule has 2 aromatic heterocycles. The van der Waals surface area contributed by atoms with Gasteiger partial charge in [0.15, 0.2) is 5.13 Å². The maximum Gasteiger partial charge on any atom is 0.257 e. The molecular weight excluding hydrogens is 248 g/mol. The van der Waals surface area contributed by atoms with E-state index >= 15 is 0 Å². The first-order chi connectivity index (χ1) is 8.83. The van der Waals surface area contributed by atoms with Gasteiger partial charge in [-0.05, 0) is 12.1 Å². The van der Waals surface area contributed by atoms with Gasteiger partial charge in [0.1, 0.15) is 0 Å². The number of hydrogen-bond acceptors (Lipinski definition) is 5. The normalized spacial score (nSPS) is 14.0. The first-order valence-electron chi connectivity index (χ1n) is 5.73. The van der Waals surface area contributed by atoms with E-state index in [2.05, 4.69) is 20.6 Å². The van der Waals surface area contributed by atoms with Crippen molar-refractivity contribution >= 4 is 22.4 Å². The number of thiazole rings is 1. The van der Waals surface area contributed by atoms with Crippen molar-refractivity contribution in [3.63, 3.8) is 0 Å². The number of hydrogen-bond donors (Lipinski definition) is 2. The molecule has 0 fully saturated rings. The van der Waals surface area contributed by atoms with Gasteiger partial charge in [-0.3, -0.25) is 15.1 Å². The minimum absolute atomic E-state index is 0.142. The van der Waals surface area contributed by atoms with Gasteiger partial charge in [0, 0.05) is 42.3 Å². The third-order valence-corrected chi connectivity index (χ3v) is 3.78. The monoisotopic (exact) mass is 260 g/mol. The second-order valence-corrected chi connectivity index (χ2v) is 5.09. The molecule has 5 nitrogen and oxygen atoms in total. The van der Waals surface area contributed by atoms with Crippen molar-refractivity contribution in [3.05, 3.63) is 40.7 Å². The van der Waals surface area contributed by atoms with Crippen molar-refractivity contribution in [3.8, 4) is 0 Å². The standard InChI is InChI=1S/C12H12N4OS/c17-11(8-1-4-13-5-2-8)16-12-15-9-3-6-14-7-10(9)18-12/h1-2,4-5,14H,3,6-7H2,(H,15,16,17). The third-order valence-electron chi connectivity index (χ3n) is 2.77. The number of aromatic nitrogens is 2. The summed E-state index contributed by atoms with van der Waals surface area (Å²) >= 11 is 1.54. The Kier molecular flexibility index (Phi) is 3.04. The molecule has 0 aromatic carbocycles. The van der Waals surface area contributed by atoms with E-state index in [0.29, 0.717) is 10.7 Å². The van der Waals surface area contributed by atoms with Crippen LogP contribution >= 0.6 is 11.3 Å². The zero-order valence-corrected chi connectivity index (χ0v) is 10.5. The van der Waals surface area contributed by atoms with Crippen LogP contribution < -0.4 is 10.6 Å². The van der Waals surface area contributed by atoms with Gasteiger partial charge in [-0.15, -0.1) is 11.3 Å². The highest BCUT2D eigenvalue weighted by Crippen LogP contribution is 2.25. The predicted molar refractivity (Wildman–Crippen MR) is 69.7 cm³/mol. The number of amides is 1. The quantitative estimate of drug-likeness (QED) is 0.857. The van der Waals surface area contributed by atoms with Gasteiger partial charge in [-0.1, -0.05) is 0 Å². The largest absolute Gasteiger partial charge is 0.311 e. The topological polar surface area (TPSA) is 66.9 Å². The fourth-order valence-electron chi connectivity index (χ4n) is 1.85. The van der Waals surface area contributed by atoms with E-state index in [-0.39, 0.29) is 5.91 Å². The Morgan fingerprint density at radius 1 is 1.39 bits per heavy atom. The molecule has 0 spiro atoms. The fourth-order valence-corrected chi connectivity index (χ4v) is 2.82. The Labute approximate surface area is 108 Å². The summed E-state index contributed by atoms with van der Waals surface area (Å²) in [6.07, 6.45) is 4.13. The Bertz CT molecular complexity index is 543. The van der Waals surface area contributed by atoms with Gasteiger partial charge >= 0.3 is 0 Å². The van der Waals surface area contributed by atoms with E-state index < -0.39 is 0 Å². The summed E-state index contributed by atoms with van der Waals surface area (Å²) in [5.74, 6) is -0.142. The highest BCUT2D eigenvalue weighted by molar-refractivity contribution is 7.15. The van der Waals surface area contributed by atoms with E-state index in [1.807, 2.05) is 0 Å². The molecule has 0 aliphatic carbocycles. The molecule has 92 valence electrons. The van der Waals surface area contributed by atoms with Crippen LogP contribution in [0.3, 0.4) is 0 Å². The summed E-state index contributed by atoms with van der Waals surface area (Å²) in [6, 6.07) is 3.37. The number of rotatable bonds is 2. The van der Waals surface area contributed by atoms with Crippen LogP contribution in [0.1, 0.15) is 20.9 Å². The van der Waals surface area contributed by atoms with Crippen molar-refractivity contribution in [2.45, 2.75) is 13.0 Å². The first-order valence-corrected chi connectivity index (χ1v) is 6.55.